The predicted octanol–water partition coefficient (Wildman–Crippen LogP) is 9.12. The van der Waals surface area contributed by atoms with Crippen molar-refractivity contribution in [3.63, 3.8) is 0 Å². The minimum absolute atomic E-state index is 0.110. The number of benzene rings is 1. The molecule has 1 aromatic rings. The average Bonchev–Trinajstić information content (AvgIpc) is 2.87. The van der Waals surface area contributed by atoms with E-state index in [0.717, 1.165) is 38.5 Å². The molecule has 5 heteroatoms. The van der Waals surface area contributed by atoms with E-state index in [0.29, 0.717) is 6.42 Å². The highest BCUT2D eigenvalue weighted by atomic mass is 16.6. The number of rotatable bonds is 22. The van der Waals surface area contributed by atoms with Crippen molar-refractivity contribution in [2.75, 3.05) is 0 Å². The van der Waals surface area contributed by atoms with Crippen LogP contribution in [0.4, 0.5) is 0 Å². The topological polar surface area (TPSA) is 69.7 Å². The molecule has 0 aromatic heterocycles. The summed E-state index contributed by atoms with van der Waals surface area (Å²) in [5.74, 6) is -1.50. The molecule has 0 heterocycles. The monoisotopic (exact) mass is 502 g/mol. The molecule has 36 heavy (non-hydrogen) atoms. The van der Waals surface area contributed by atoms with Crippen LogP contribution in [0.25, 0.3) is 0 Å². The zero-order chi connectivity index (χ0) is 26.3. The molecule has 0 saturated heterocycles. The van der Waals surface area contributed by atoms with E-state index >= 15 is 0 Å². The molecule has 1 rings (SSSR count). The van der Waals surface area contributed by atoms with Gasteiger partial charge in [0.25, 0.3) is 0 Å². The summed E-state index contributed by atoms with van der Waals surface area (Å²) in [7, 11) is 0. The lowest BCUT2D eigenvalue weighted by molar-refractivity contribution is -0.138. The zero-order valence-electron chi connectivity index (χ0n) is 23.0. The second kappa shape index (κ2) is 22.1. The van der Waals surface area contributed by atoms with Crippen LogP contribution in [-0.4, -0.2) is 17.9 Å². The molecule has 0 spiro atoms. The average molecular weight is 503 g/mol. The van der Waals surface area contributed by atoms with Gasteiger partial charge in [-0.2, -0.15) is 0 Å². The minimum Gasteiger partial charge on any atom is -0.426 e. The lowest BCUT2D eigenvalue weighted by Gasteiger charge is -2.09. The second-order valence-corrected chi connectivity index (χ2v) is 9.89. The normalized spacial score (nSPS) is 10.8. The fourth-order valence-corrected chi connectivity index (χ4v) is 4.27. The summed E-state index contributed by atoms with van der Waals surface area (Å²) < 4.78 is 10.5. The van der Waals surface area contributed by atoms with Crippen LogP contribution in [0.1, 0.15) is 153 Å². The van der Waals surface area contributed by atoms with E-state index in [4.69, 9.17) is 9.47 Å². The molecule has 0 aliphatic carbocycles. The van der Waals surface area contributed by atoms with E-state index in [1.54, 1.807) is 18.2 Å². The first-order chi connectivity index (χ1) is 17.6. The highest BCUT2D eigenvalue weighted by Gasteiger charge is 2.19. The molecule has 0 atom stereocenters. The number of carbonyl (C=O) groups excluding carboxylic acids is 3. The highest BCUT2D eigenvalue weighted by Crippen LogP contribution is 2.21. The maximum Gasteiger partial charge on any atom is 0.349 e. The van der Waals surface area contributed by atoms with Crippen molar-refractivity contribution in [3.8, 4) is 5.75 Å². The van der Waals surface area contributed by atoms with Crippen molar-refractivity contribution in [3.05, 3.63) is 29.8 Å². The zero-order valence-corrected chi connectivity index (χ0v) is 23.0. The molecule has 0 saturated carbocycles. The van der Waals surface area contributed by atoms with Crippen LogP contribution in [-0.2, 0) is 14.3 Å². The van der Waals surface area contributed by atoms with Gasteiger partial charge < -0.3 is 9.47 Å². The molecule has 0 N–H and O–H groups in total. The second-order valence-electron chi connectivity index (χ2n) is 9.89. The molecule has 1 aromatic carbocycles. The first-order valence-electron chi connectivity index (χ1n) is 14.6. The third kappa shape index (κ3) is 16.5. The predicted molar refractivity (Wildman–Crippen MR) is 146 cm³/mol. The first kappa shape index (κ1) is 31.9. The summed E-state index contributed by atoms with van der Waals surface area (Å²) in [6.45, 7) is 4.44. The molecular weight excluding hydrogens is 452 g/mol. The van der Waals surface area contributed by atoms with Crippen LogP contribution in [0.15, 0.2) is 24.3 Å². The minimum atomic E-state index is -0.762. The summed E-state index contributed by atoms with van der Waals surface area (Å²) in [4.78, 5) is 36.9. The van der Waals surface area contributed by atoms with Crippen molar-refractivity contribution >= 4 is 17.9 Å². The number of esters is 3. The van der Waals surface area contributed by atoms with Crippen molar-refractivity contribution in [1.82, 2.24) is 0 Å². The van der Waals surface area contributed by atoms with Gasteiger partial charge >= 0.3 is 17.9 Å². The van der Waals surface area contributed by atoms with Crippen LogP contribution < -0.4 is 4.74 Å². The van der Waals surface area contributed by atoms with Gasteiger partial charge in [-0.05, 0) is 25.0 Å². The molecule has 0 bridgehead atoms. The van der Waals surface area contributed by atoms with E-state index in [9.17, 15) is 14.4 Å². The Bertz CT molecular complexity index is 727. The summed E-state index contributed by atoms with van der Waals surface area (Å²) in [5, 5.41) is 0. The lowest BCUT2D eigenvalue weighted by Crippen LogP contribution is -2.15. The SMILES string of the molecule is CCCCCCCCCCCC(=O)OC(=O)c1ccccc1OC(=O)CCCCCCCCCCC. The van der Waals surface area contributed by atoms with E-state index in [1.807, 2.05) is 0 Å². The molecule has 204 valence electrons. The summed E-state index contributed by atoms with van der Waals surface area (Å²) in [5.41, 5.74) is 0.110. The number of para-hydroxylation sites is 1. The third-order valence-electron chi connectivity index (χ3n) is 6.51. The van der Waals surface area contributed by atoms with Crippen LogP contribution >= 0.6 is 0 Å². The first-order valence-corrected chi connectivity index (χ1v) is 14.6. The van der Waals surface area contributed by atoms with E-state index in [2.05, 4.69) is 13.8 Å². The van der Waals surface area contributed by atoms with Crippen LogP contribution in [0.3, 0.4) is 0 Å². The Morgan fingerprint density at radius 2 is 0.972 bits per heavy atom. The van der Waals surface area contributed by atoms with E-state index in [1.165, 1.54) is 83.1 Å². The molecule has 5 nitrogen and oxygen atoms in total. The van der Waals surface area contributed by atoms with Gasteiger partial charge in [0.05, 0.1) is 0 Å². The standard InChI is InChI=1S/C31H50O5/c1-3-5-7-9-11-13-15-17-19-25-29(32)35-28-24-22-21-23-27(28)31(34)36-30(33)26-20-18-16-14-12-10-8-6-4-2/h21-24H,3-20,25-26H2,1-2H3. The fraction of sp³-hybridized carbons (Fsp3) is 0.710. The fourth-order valence-electron chi connectivity index (χ4n) is 4.27. The molecule has 0 radical (unpaired) electrons. The summed E-state index contributed by atoms with van der Waals surface area (Å²) in [6, 6.07) is 6.45. The molecular formula is C31H50O5. The van der Waals surface area contributed by atoms with Crippen LogP contribution in [0.2, 0.25) is 0 Å². The maximum absolute atomic E-state index is 12.5. The van der Waals surface area contributed by atoms with Crippen molar-refractivity contribution in [2.24, 2.45) is 0 Å². The largest absolute Gasteiger partial charge is 0.426 e. The Kier molecular flexibility index (Phi) is 19.5. The number of unbranched alkanes of at least 4 members (excludes halogenated alkanes) is 16. The van der Waals surface area contributed by atoms with Crippen molar-refractivity contribution in [2.45, 2.75) is 142 Å². The van der Waals surface area contributed by atoms with Gasteiger partial charge in [-0.15, -0.1) is 0 Å². The van der Waals surface area contributed by atoms with Gasteiger partial charge in [0.1, 0.15) is 11.3 Å². The number of carbonyl (C=O) groups is 3. The number of hydrogen-bond donors (Lipinski definition) is 0. The Labute approximate surface area is 219 Å². The summed E-state index contributed by atoms with van der Waals surface area (Å²) >= 11 is 0. The van der Waals surface area contributed by atoms with Crippen LogP contribution in [0.5, 0.6) is 5.75 Å². The molecule has 0 amide bonds. The molecule has 0 aliphatic rings. The van der Waals surface area contributed by atoms with Gasteiger partial charge in [-0.1, -0.05) is 129 Å². The van der Waals surface area contributed by atoms with Gasteiger partial charge in [-0.25, -0.2) is 4.79 Å². The lowest BCUT2D eigenvalue weighted by atomic mass is 10.1. The Morgan fingerprint density at radius 1 is 0.556 bits per heavy atom. The smallest absolute Gasteiger partial charge is 0.349 e. The van der Waals surface area contributed by atoms with E-state index < -0.39 is 11.9 Å². The molecule has 0 aliphatic heterocycles. The molecule has 0 unspecified atom stereocenters. The van der Waals surface area contributed by atoms with Crippen molar-refractivity contribution < 1.29 is 23.9 Å². The Morgan fingerprint density at radius 3 is 1.47 bits per heavy atom. The van der Waals surface area contributed by atoms with Gasteiger partial charge in [-0.3, -0.25) is 9.59 Å². The van der Waals surface area contributed by atoms with Crippen molar-refractivity contribution in [1.29, 1.82) is 0 Å². The third-order valence-corrected chi connectivity index (χ3v) is 6.51. The maximum atomic E-state index is 12.5. The molecule has 0 fully saturated rings. The Hall–Kier alpha value is -2.17. The van der Waals surface area contributed by atoms with E-state index in [-0.39, 0.29) is 23.7 Å². The van der Waals surface area contributed by atoms with Gasteiger partial charge in [0.15, 0.2) is 0 Å². The summed E-state index contributed by atoms with van der Waals surface area (Å²) in [6.07, 6.45) is 21.5. The quantitative estimate of drug-likeness (QED) is 0.0684. The van der Waals surface area contributed by atoms with Gasteiger partial charge in [0.2, 0.25) is 0 Å². The van der Waals surface area contributed by atoms with Crippen LogP contribution in [0, 0.1) is 0 Å². The number of ether oxygens (including phenoxy) is 2. The van der Waals surface area contributed by atoms with Gasteiger partial charge in [0, 0.05) is 12.8 Å². The number of hydrogen-bond acceptors (Lipinski definition) is 5. The Balaban J connectivity index is 2.25. The highest BCUT2D eigenvalue weighted by molar-refractivity contribution is 5.99.